The van der Waals surface area contributed by atoms with Gasteiger partial charge in [0.25, 0.3) is 0 Å². The molecule has 1 fully saturated rings. The van der Waals surface area contributed by atoms with E-state index < -0.39 is 6.09 Å². The molecule has 5 heteroatoms. The first-order chi connectivity index (χ1) is 5.65. The summed E-state index contributed by atoms with van der Waals surface area (Å²) in [5.74, 6) is 0. The standard InChI is InChI=1S/C7H14N2O3/c1-12-6-2-3-9(7(10)11)4-5(6)8/h5-6H,2-4,8H2,1H3,(H,10,11). The molecular formula is C7H14N2O3. The summed E-state index contributed by atoms with van der Waals surface area (Å²) in [6.07, 6.45) is -0.218. The molecule has 5 nitrogen and oxygen atoms in total. The van der Waals surface area contributed by atoms with Crippen LogP contribution in [0.3, 0.4) is 0 Å². The monoisotopic (exact) mass is 174 g/mol. The zero-order valence-corrected chi connectivity index (χ0v) is 7.06. The highest BCUT2D eigenvalue weighted by molar-refractivity contribution is 5.65. The molecule has 0 radical (unpaired) electrons. The zero-order valence-electron chi connectivity index (χ0n) is 7.06. The Labute approximate surface area is 71.1 Å². The molecule has 1 aliphatic rings. The summed E-state index contributed by atoms with van der Waals surface area (Å²) >= 11 is 0. The Morgan fingerprint density at radius 3 is 2.83 bits per heavy atom. The fourth-order valence-corrected chi connectivity index (χ4v) is 1.43. The predicted octanol–water partition coefficient (Wildman–Crippen LogP) is -0.288. The largest absolute Gasteiger partial charge is 0.465 e. The molecule has 1 rings (SSSR count). The van der Waals surface area contributed by atoms with E-state index in [9.17, 15) is 4.79 Å². The van der Waals surface area contributed by atoms with Crippen molar-refractivity contribution >= 4 is 6.09 Å². The van der Waals surface area contributed by atoms with Crippen molar-refractivity contribution in [1.29, 1.82) is 0 Å². The van der Waals surface area contributed by atoms with Crippen molar-refractivity contribution in [1.82, 2.24) is 4.90 Å². The molecule has 1 aliphatic heterocycles. The van der Waals surface area contributed by atoms with Crippen molar-refractivity contribution in [3.8, 4) is 0 Å². The molecule has 12 heavy (non-hydrogen) atoms. The van der Waals surface area contributed by atoms with Gasteiger partial charge in [0.1, 0.15) is 0 Å². The first-order valence-corrected chi connectivity index (χ1v) is 3.91. The molecule has 70 valence electrons. The number of rotatable bonds is 1. The van der Waals surface area contributed by atoms with Crippen LogP contribution in [0.15, 0.2) is 0 Å². The minimum atomic E-state index is -0.903. The van der Waals surface area contributed by atoms with E-state index in [1.165, 1.54) is 4.90 Å². The van der Waals surface area contributed by atoms with Crippen molar-refractivity contribution in [2.75, 3.05) is 20.2 Å². The van der Waals surface area contributed by atoms with Gasteiger partial charge in [0, 0.05) is 26.2 Å². The van der Waals surface area contributed by atoms with Crippen LogP contribution < -0.4 is 5.73 Å². The van der Waals surface area contributed by atoms with Crippen LogP contribution in [0.5, 0.6) is 0 Å². The third kappa shape index (κ3) is 1.86. The van der Waals surface area contributed by atoms with Crippen LogP contribution in [0.25, 0.3) is 0 Å². The van der Waals surface area contributed by atoms with Crippen molar-refractivity contribution in [3.05, 3.63) is 0 Å². The molecule has 3 N–H and O–H groups in total. The quantitative estimate of drug-likeness (QED) is 0.573. The fourth-order valence-electron chi connectivity index (χ4n) is 1.43. The molecular weight excluding hydrogens is 160 g/mol. The van der Waals surface area contributed by atoms with E-state index in [0.717, 1.165) is 0 Å². The number of likely N-dealkylation sites (tertiary alicyclic amines) is 1. The molecule has 0 bridgehead atoms. The van der Waals surface area contributed by atoms with Gasteiger partial charge in [-0.05, 0) is 6.42 Å². The Balaban J connectivity index is 2.46. The van der Waals surface area contributed by atoms with Crippen molar-refractivity contribution in [3.63, 3.8) is 0 Å². The van der Waals surface area contributed by atoms with E-state index in [0.29, 0.717) is 19.5 Å². The first kappa shape index (κ1) is 9.28. The Morgan fingerprint density at radius 2 is 2.42 bits per heavy atom. The van der Waals surface area contributed by atoms with Gasteiger partial charge in [0.2, 0.25) is 0 Å². The Kier molecular flexibility index (Phi) is 2.88. The predicted molar refractivity (Wildman–Crippen MR) is 43.0 cm³/mol. The normalized spacial score (nSPS) is 30.3. The molecule has 1 saturated heterocycles. The Bertz CT molecular complexity index is 174. The maximum Gasteiger partial charge on any atom is 0.407 e. The number of amides is 1. The minimum Gasteiger partial charge on any atom is -0.465 e. The number of nitrogens with zero attached hydrogens (tertiary/aromatic N) is 1. The van der Waals surface area contributed by atoms with Gasteiger partial charge in [0.05, 0.1) is 6.10 Å². The second-order valence-corrected chi connectivity index (χ2v) is 2.96. The second kappa shape index (κ2) is 3.73. The molecule has 2 unspecified atom stereocenters. The van der Waals surface area contributed by atoms with E-state index in [2.05, 4.69) is 0 Å². The van der Waals surface area contributed by atoms with Gasteiger partial charge in [-0.1, -0.05) is 0 Å². The minimum absolute atomic E-state index is 0.000556. The zero-order chi connectivity index (χ0) is 9.14. The molecule has 0 aliphatic carbocycles. The third-order valence-corrected chi connectivity index (χ3v) is 2.17. The number of nitrogens with two attached hydrogens (primary N) is 1. The van der Waals surface area contributed by atoms with Crippen molar-refractivity contribution in [2.24, 2.45) is 5.73 Å². The van der Waals surface area contributed by atoms with E-state index in [4.69, 9.17) is 15.6 Å². The summed E-state index contributed by atoms with van der Waals surface area (Å²) in [5.41, 5.74) is 5.69. The smallest absolute Gasteiger partial charge is 0.407 e. The maximum absolute atomic E-state index is 10.5. The average molecular weight is 174 g/mol. The van der Waals surface area contributed by atoms with Crippen LogP contribution in [0.2, 0.25) is 0 Å². The number of hydrogen-bond donors (Lipinski definition) is 2. The van der Waals surface area contributed by atoms with Gasteiger partial charge in [-0.3, -0.25) is 0 Å². The summed E-state index contributed by atoms with van der Waals surface area (Å²) in [5, 5.41) is 8.64. The topological polar surface area (TPSA) is 75.8 Å². The molecule has 0 spiro atoms. The van der Waals surface area contributed by atoms with Gasteiger partial charge in [0.15, 0.2) is 0 Å². The number of methoxy groups -OCH3 is 1. The third-order valence-electron chi connectivity index (χ3n) is 2.17. The average Bonchev–Trinajstić information content (AvgIpc) is 2.04. The van der Waals surface area contributed by atoms with Gasteiger partial charge in [-0.15, -0.1) is 0 Å². The summed E-state index contributed by atoms with van der Waals surface area (Å²) in [6, 6.07) is -0.195. The van der Waals surface area contributed by atoms with E-state index in [1.54, 1.807) is 7.11 Å². The SMILES string of the molecule is COC1CCN(C(=O)O)CC1N. The maximum atomic E-state index is 10.5. The lowest BCUT2D eigenvalue weighted by Crippen LogP contribution is -2.53. The van der Waals surface area contributed by atoms with Crippen LogP contribution in [0.1, 0.15) is 6.42 Å². The summed E-state index contributed by atoms with van der Waals surface area (Å²) in [6.45, 7) is 0.884. The van der Waals surface area contributed by atoms with Gasteiger partial charge >= 0.3 is 6.09 Å². The van der Waals surface area contributed by atoms with Gasteiger partial charge < -0.3 is 20.5 Å². The lowest BCUT2D eigenvalue weighted by Gasteiger charge is -2.34. The van der Waals surface area contributed by atoms with Crippen molar-refractivity contribution < 1.29 is 14.6 Å². The van der Waals surface area contributed by atoms with Crippen LogP contribution in [0.4, 0.5) is 4.79 Å². The van der Waals surface area contributed by atoms with Crippen LogP contribution in [0, 0.1) is 0 Å². The summed E-state index contributed by atoms with van der Waals surface area (Å²) in [4.78, 5) is 11.8. The number of hydrogen-bond acceptors (Lipinski definition) is 3. The molecule has 1 heterocycles. The second-order valence-electron chi connectivity index (χ2n) is 2.96. The van der Waals surface area contributed by atoms with Crippen LogP contribution >= 0.6 is 0 Å². The summed E-state index contributed by atoms with van der Waals surface area (Å²) in [7, 11) is 1.60. The van der Waals surface area contributed by atoms with Crippen LogP contribution in [-0.4, -0.2) is 48.4 Å². The Morgan fingerprint density at radius 1 is 1.75 bits per heavy atom. The van der Waals surface area contributed by atoms with E-state index >= 15 is 0 Å². The number of carboxylic acid groups (broad SMARTS) is 1. The lowest BCUT2D eigenvalue weighted by molar-refractivity contribution is 0.0267. The fraction of sp³-hybridized carbons (Fsp3) is 0.857. The molecule has 0 aromatic rings. The van der Waals surface area contributed by atoms with Gasteiger partial charge in [-0.25, -0.2) is 4.79 Å². The highest BCUT2D eigenvalue weighted by Crippen LogP contribution is 2.11. The number of ether oxygens (including phenoxy) is 1. The van der Waals surface area contributed by atoms with Crippen molar-refractivity contribution in [2.45, 2.75) is 18.6 Å². The molecule has 0 saturated carbocycles. The van der Waals surface area contributed by atoms with Crippen LogP contribution in [-0.2, 0) is 4.74 Å². The molecule has 1 amide bonds. The highest BCUT2D eigenvalue weighted by Gasteiger charge is 2.28. The van der Waals surface area contributed by atoms with E-state index in [-0.39, 0.29) is 12.1 Å². The highest BCUT2D eigenvalue weighted by atomic mass is 16.5. The first-order valence-electron chi connectivity index (χ1n) is 3.91. The van der Waals surface area contributed by atoms with Gasteiger partial charge in [-0.2, -0.15) is 0 Å². The Hall–Kier alpha value is -0.810. The van der Waals surface area contributed by atoms with E-state index in [1.807, 2.05) is 0 Å². The molecule has 0 aromatic heterocycles. The number of piperidine rings is 1. The summed E-state index contributed by atoms with van der Waals surface area (Å²) < 4.78 is 5.09. The molecule has 0 aromatic carbocycles. The lowest BCUT2D eigenvalue weighted by atomic mass is 10.0. The molecule has 2 atom stereocenters. The number of carbonyl (C=O) groups is 1.